The molecule has 0 radical (unpaired) electrons. The second-order valence-corrected chi connectivity index (χ2v) is 7.80. The number of nitrogens with zero attached hydrogens (tertiary/aromatic N) is 2. The van der Waals surface area contributed by atoms with Gasteiger partial charge in [0.05, 0.1) is 10.6 Å². The minimum absolute atomic E-state index is 0.135. The number of benzene rings is 3. The van der Waals surface area contributed by atoms with Gasteiger partial charge in [0.1, 0.15) is 5.69 Å². The van der Waals surface area contributed by atoms with E-state index in [1.807, 2.05) is 31.2 Å². The number of hydrogen-bond acceptors (Lipinski definition) is 9. The zero-order valence-electron chi connectivity index (χ0n) is 15.8. The van der Waals surface area contributed by atoms with Crippen molar-refractivity contribution in [1.29, 1.82) is 0 Å². The molecule has 0 bridgehead atoms. The number of aromatic hydroxyl groups is 1. The Morgan fingerprint density at radius 1 is 0.967 bits per heavy atom. The number of nitrogens with one attached hydrogen (secondary N) is 1. The van der Waals surface area contributed by atoms with Crippen LogP contribution in [0.25, 0.3) is 10.8 Å². The highest BCUT2D eigenvalue weighted by atomic mass is 32.2. The lowest BCUT2D eigenvalue weighted by Crippen LogP contribution is -2.00. The Morgan fingerprint density at radius 3 is 2.10 bits per heavy atom. The average molecular weight is 451 g/mol. The van der Waals surface area contributed by atoms with Crippen molar-refractivity contribution < 1.29 is 30.7 Å². The SMILES string of the molecule is CNc1cc(S(=O)(=O)O)cc2ccc(N=Nc3ccc(C)cc3)c(O)c12.O=S(=O)=O. The van der Waals surface area contributed by atoms with Crippen LogP contribution < -0.4 is 5.32 Å². The van der Waals surface area contributed by atoms with Gasteiger partial charge in [0, 0.05) is 18.1 Å². The molecule has 0 aromatic heterocycles. The highest BCUT2D eigenvalue weighted by molar-refractivity contribution is 7.85. The summed E-state index contributed by atoms with van der Waals surface area (Å²) in [6, 6.07) is 13.1. The normalized spacial score (nSPS) is 11.2. The van der Waals surface area contributed by atoms with E-state index in [4.69, 9.17) is 12.6 Å². The molecular formula is C18H17N3O7S2. The largest absolute Gasteiger partial charge is 0.505 e. The van der Waals surface area contributed by atoms with E-state index in [2.05, 4.69) is 15.5 Å². The number of anilines is 1. The summed E-state index contributed by atoms with van der Waals surface area (Å²) < 4.78 is 57.4. The lowest BCUT2D eigenvalue weighted by Gasteiger charge is -2.11. The fourth-order valence-corrected chi connectivity index (χ4v) is 3.10. The molecule has 0 fully saturated rings. The fraction of sp³-hybridized carbons (Fsp3) is 0.111. The van der Waals surface area contributed by atoms with Gasteiger partial charge in [0.2, 0.25) is 0 Å². The van der Waals surface area contributed by atoms with Gasteiger partial charge in [-0.15, -0.1) is 17.7 Å². The van der Waals surface area contributed by atoms with Crippen LogP contribution in [0, 0.1) is 6.92 Å². The van der Waals surface area contributed by atoms with Crippen LogP contribution in [-0.2, 0) is 20.7 Å². The molecule has 0 unspecified atom stereocenters. The van der Waals surface area contributed by atoms with Crippen molar-refractivity contribution in [2.24, 2.45) is 10.2 Å². The van der Waals surface area contributed by atoms with Crippen LogP contribution in [0.3, 0.4) is 0 Å². The Morgan fingerprint density at radius 2 is 1.57 bits per heavy atom. The number of phenols is 1. The van der Waals surface area contributed by atoms with Gasteiger partial charge in [-0.25, -0.2) is 0 Å². The van der Waals surface area contributed by atoms with Crippen molar-refractivity contribution in [1.82, 2.24) is 0 Å². The van der Waals surface area contributed by atoms with Crippen LogP contribution in [0.15, 0.2) is 63.7 Å². The Hall–Kier alpha value is -3.35. The maximum atomic E-state index is 11.4. The monoisotopic (exact) mass is 451 g/mol. The minimum Gasteiger partial charge on any atom is -0.505 e. The van der Waals surface area contributed by atoms with E-state index in [1.54, 1.807) is 13.1 Å². The molecule has 3 aromatic carbocycles. The van der Waals surface area contributed by atoms with Crippen molar-refractivity contribution in [3.63, 3.8) is 0 Å². The van der Waals surface area contributed by atoms with E-state index >= 15 is 0 Å². The number of fused-ring (bicyclic) bond motifs is 1. The maximum absolute atomic E-state index is 11.4. The summed E-state index contributed by atoms with van der Waals surface area (Å²) in [5.74, 6) is -0.135. The topological polar surface area (TPSA) is 163 Å². The summed E-state index contributed by atoms with van der Waals surface area (Å²) in [4.78, 5) is -0.261. The first-order valence-electron chi connectivity index (χ1n) is 8.23. The van der Waals surface area contributed by atoms with Gasteiger partial charge >= 0.3 is 10.6 Å². The third-order valence-corrected chi connectivity index (χ3v) is 4.75. The predicted octanol–water partition coefficient (Wildman–Crippen LogP) is 3.55. The second kappa shape index (κ2) is 9.43. The molecule has 12 heteroatoms. The molecule has 158 valence electrons. The molecule has 0 atom stereocenters. The smallest absolute Gasteiger partial charge is 0.425 e. The summed E-state index contributed by atoms with van der Waals surface area (Å²) in [6.07, 6.45) is 0. The second-order valence-electron chi connectivity index (χ2n) is 5.97. The molecule has 0 aliphatic carbocycles. The van der Waals surface area contributed by atoms with Crippen molar-refractivity contribution in [2.45, 2.75) is 11.8 Å². The molecule has 0 amide bonds. The van der Waals surface area contributed by atoms with Crippen molar-refractivity contribution in [3.8, 4) is 5.75 Å². The number of phenolic OH excluding ortho intramolecular Hbond substituents is 1. The molecule has 0 heterocycles. The third kappa shape index (κ3) is 5.83. The van der Waals surface area contributed by atoms with Crippen LogP contribution in [0.4, 0.5) is 17.1 Å². The zero-order chi connectivity index (χ0) is 22.5. The number of rotatable bonds is 4. The molecule has 30 heavy (non-hydrogen) atoms. The van der Waals surface area contributed by atoms with Gasteiger partial charge in [-0.2, -0.15) is 13.5 Å². The first kappa shape index (κ1) is 22.9. The molecule has 3 aromatic rings. The standard InChI is InChI=1S/C18H17N3O4S.O3S/c1-11-3-6-13(7-4-11)20-21-15-8-5-12-9-14(26(23,24)25)10-16(19-2)17(12)18(15)22;1-4(2)3/h3-10,19,22H,1-2H3,(H,23,24,25);. The van der Waals surface area contributed by atoms with E-state index in [-0.39, 0.29) is 16.3 Å². The van der Waals surface area contributed by atoms with E-state index in [1.165, 1.54) is 18.2 Å². The molecule has 10 nitrogen and oxygen atoms in total. The number of aryl methyl sites for hydroxylation is 1. The summed E-state index contributed by atoms with van der Waals surface area (Å²) in [6.45, 7) is 1.97. The van der Waals surface area contributed by atoms with Crippen molar-refractivity contribution in [2.75, 3.05) is 12.4 Å². The maximum Gasteiger partial charge on any atom is 0.425 e. The van der Waals surface area contributed by atoms with Gasteiger partial charge in [-0.3, -0.25) is 4.55 Å². The Bertz CT molecular complexity index is 1310. The van der Waals surface area contributed by atoms with Crippen LogP contribution in [0.2, 0.25) is 0 Å². The van der Waals surface area contributed by atoms with Gasteiger partial charge < -0.3 is 10.4 Å². The van der Waals surface area contributed by atoms with E-state index in [0.717, 1.165) is 5.56 Å². The molecule has 3 rings (SSSR count). The molecule has 0 saturated carbocycles. The van der Waals surface area contributed by atoms with Crippen molar-refractivity contribution >= 4 is 48.6 Å². The van der Waals surface area contributed by atoms with E-state index in [9.17, 15) is 18.1 Å². The molecule has 0 saturated heterocycles. The van der Waals surface area contributed by atoms with Gasteiger partial charge in [-0.05, 0) is 42.6 Å². The third-order valence-electron chi connectivity index (χ3n) is 3.92. The fourth-order valence-electron chi connectivity index (χ4n) is 2.56. The average Bonchev–Trinajstić information content (AvgIpc) is 2.66. The van der Waals surface area contributed by atoms with Gasteiger partial charge in [0.25, 0.3) is 10.1 Å². The minimum atomic E-state index is -4.36. The summed E-state index contributed by atoms with van der Waals surface area (Å²) in [5, 5.41) is 22.4. The number of hydrogen-bond donors (Lipinski definition) is 3. The molecule has 3 N–H and O–H groups in total. The molecule has 0 aliphatic heterocycles. The van der Waals surface area contributed by atoms with Gasteiger partial charge in [0.15, 0.2) is 5.75 Å². The van der Waals surface area contributed by atoms with Gasteiger partial charge in [-0.1, -0.05) is 23.8 Å². The summed E-state index contributed by atoms with van der Waals surface area (Å²) >= 11 is 0. The first-order chi connectivity index (χ1) is 14.0. The lowest BCUT2D eigenvalue weighted by atomic mass is 10.1. The summed E-state index contributed by atoms with van der Waals surface area (Å²) in [7, 11) is -5.89. The Labute approximate surface area is 173 Å². The zero-order valence-corrected chi connectivity index (χ0v) is 17.4. The highest BCUT2D eigenvalue weighted by Gasteiger charge is 2.16. The summed E-state index contributed by atoms with van der Waals surface area (Å²) in [5.41, 5.74) is 2.34. The van der Waals surface area contributed by atoms with Crippen LogP contribution >= 0.6 is 0 Å². The molecular weight excluding hydrogens is 434 g/mol. The lowest BCUT2D eigenvalue weighted by molar-refractivity contribution is 0.480. The Kier molecular flexibility index (Phi) is 7.21. The highest BCUT2D eigenvalue weighted by Crippen LogP contribution is 2.40. The quantitative estimate of drug-likeness (QED) is 0.400. The van der Waals surface area contributed by atoms with Crippen molar-refractivity contribution in [3.05, 3.63) is 54.1 Å². The molecule has 0 spiro atoms. The Balaban J connectivity index is 0.000000735. The van der Waals surface area contributed by atoms with Crippen LogP contribution in [0.5, 0.6) is 5.75 Å². The first-order valence-corrected chi connectivity index (χ1v) is 10.7. The van der Waals surface area contributed by atoms with E-state index < -0.39 is 20.7 Å². The van der Waals surface area contributed by atoms with E-state index in [0.29, 0.717) is 22.1 Å². The predicted molar refractivity (Wildman–Crippen MR) is 110 cm³/mol. The molecule has 0 aliphatic rings. The van der Waals surface area contributed by atoms with Crippen LogP contribution in [-0.4, -0.2) is 37.8 Å². The number of azo groups is 1. The van der Waals surface area contributed by atoms with Crippen LogP contribution in [0.1, 0.15) is 5.56 Å².